The highest BCUT2D eigenvalue weighted by molar-refractivity contribution is 5.22. The average molecular weight is 247 g/mol. The molecule has 0 spiro atoms. The van der Waals surface area contributed by atoms with E-state index in [2.05, 4.69) is 35.4 Å². The topological polar surface area (TPSA) is 47.7 Å². The fourth-order valence-electron chi connectivity index (χ4n) is 2.12. The summed E-state index contributed by atoms with van der Waals surface area (Å²) in [7, 11) is 2.02. The lowest BCUT2D eigenvalue weighted by Crippen LogP contribution is -2.23. The lowest BCUT2D eigenvalue weighted by Gasteiger charge is -2.16. The molecule has 0 amide bonds. The lowest BCUT2D eigenvalue weighted by atomic mass is 10.1. The minimum atomic E-state index is 0.160. The van der Waals surface area contributed by atoms with Crippen molar-refractivity contribution in [3.8, 4) is 0 Å². The van der Waals surface area contributed by atoms with Crippen molar-refractivity contribution < 1.29 is 0 Å². The van der Waals surface area contributed by atoms with Crippen LogP contribution in [-0.2, 0) is 13.6 Å². The molecule has 1 N–H and O–H groups in total. The zero-order valence-corrected chi connectivity index (χ0v) is 11.3. The van der Waals surface area contributed by atoms with Crippen LogP contribution < -0.4 is 5.32 Å². The standard InChI is InChI=1S/C13H21N5/c1-4-6-18-9-11(7-16-18)13(15-5-2)12-8-14-10-17(12)3/h7-10,13,15H,4-6H2,1-3H3. The van der Waals surface area contributed by atoms with Gasteiger partial charge >= 0.3 is 0 Å². The molecule has 0 aromatic carbocycles. The Labute approximate surface area is 108 Å². The third-order valence-corrected chi connectivity index (χ3v) is 3.00. The molecule has 2 rings (SSSR count). The quantitative estimate of drug-likeness (QED) is 0.845. The van der Waals surface area contributed by atoms with Crippen LogP contribution in [0.4, 0.5) is 0 Å². The van der Waals surface area contributed by atoms with E-state index >= 15 is 0 Å². The van der Waals surface area contributed by atoms with Gasteiger partial charge in [-0.15, -0.1) is 0 Å². The second-order valence-corrected chi connectivity index (χ2v) is 4.46. The van der Waals surface area contributed by atoms with Crippen molar-refractivity contribution in [1.82, 2.24) is 24.6 Å². The van der Waals surface area contributed by atoms with Gasteiger partial charge in [-0.25, -0.2) is 4.98 Å². The Balaban J connectivity index is 2.26. The van der Waals surface area contributed by atoms with Gasteiger partial charge in [0.05, 0.1) is 30.5 Å². The van der Waals surface area contributed by atoms with Crippen LogP contribution >= 0.6 is 0 Å². The van der Waals surface area contributed by atoms with Crippen LogP contribution in [0.3, 0.4) is 0 Å². The van der Waals surface area contributed by atoms with Crippen LogP contribution in [0.1, 0.15) is 37.6 Å². The van der Waals surface area contributed by atoms with Gasteiger partial charge in [-0.3, -0.25) is 4.68 Å². The highest BCUT2D eigenvalue weighted by Gasteiger charge is 2.17. The molecular weight excluding hydrogens is 226 g/mol. The molecule has 0 aliphatic carbocycles. The molecule has 0 aliphatic rings. The first kappa shape index (κ1) is 12.8. The normalized spacial score (nSPS) is 12.8. The fraction of sp³-hybridized carbons (Fsp3) is 0.538. The first-order valence-corrected chi connectivity index (χ1v) is 6.48. The zero-order valence-electron chi connectivity index (χ0n) is 11.3. The van der Waals surface area contributed by atoms with Gasteiger partial charge in [-0.2, -0.15) is 5.10 Å². The first-order valence-electron chi connectivity index (χ1n) is 6.48. The van der Waals surface area contributed by atoms with E-state index in [1.54, 1.807) is 0 Å². The number of aromatic nitrogens is 4. The molecule has 1 atom stereocenters. The number of nitrogens with zero attached hydrogens (tertiary/aromatic N) is 4. The maximum atomic E-state index is 4.40. The molecule has 1 unspecified atom stereocenters. The van der Waals surface area contributed by atoms with E-state index < -0.39 is 0 Å². The molecule has 0 fully saturated rings. The molecule has 0 saturated heterocycles. The van der Waals surface area contributed by atoms with Gasteiger partial charge in [0, 0.05) is 25.4 Å². The van der Waals surface area contributed by atoms with E-state index in [0.717, 1.165) is 25.2 Å². The van der Waals surface area contributed by atoms with E-state index in [-0.39, 0.29) is 6.04 Å². The van der Waals surface area contributed by atoms with Crippen LogP contribution in [0.5, 0.6) is 0 Å². The van der Waals surface area contributed by atoms with Crippen molar-refractivity contribution in [2.45, 2.75) is 32.9 Å². The Morgan fingerprint density at radius 1 is 1.33 bits per heavy atom. The highest BCUT2D eigenvalue weighted by atomic mass is 15.3. The molecule has 2 aromatic rings. The van der Waals surface area contributed by atoms with E-state index in [9.17, 15) is 0 Å². The number of aryl methyl sites for hydroxylation is 2. The van der Waals surface area contributed by atoms with Crippen LogP contribution in [0, 0.1) is 0 Å². The van der Waals surface area contributed by atoms with Gasteiger partial charge in [0.15, 0.2) is 0 Å². The monoisotopic (exact) mass is 247 g/mol. The predicted molar refractivity (Wildman–Crippen MR) is 71.2 cm³/mol. The molecule has 18 heavy (non-hydrogen) atoms. The van der Waals surface area contributed by atoms with E-state index in [1.165, 1.54) is 5.56 Å². The Hall–Kier alpha value is -1.62. The summed E-state index contributed by atoms with van der Waals surface area (Å²) in [6, 6.07) is 0.160. The smallest absolute Gasteiger partial charge is 0.0946 e. The molecule has 0 radical (unpaired) electrons. The van der Waals surface area contributed by atoms with Crippen molar-refractivity contribution in [1.29, 1.82) is 0 Å². The molecule has 98 valence electrons. The van der Waals surface area contributed by atoms with Crippen molar-refractivity contribution in [2.75, 3.05) is 6.54 Å². The minimum Gasteiger partial charge on any atom is -0.336 e. The van der Waals surface area contributed by atoms with Crippen molar-refractivity contribution in [3.63, 3.8) is 0 Å². The number of rotatable bonds is 6. The maximum absolute atomic E-state index is 4.40. The molecule has 5 nitrogen and oxygen atoms in total. The molecule has 5 heteroatoms. The Morgan fingerprint density at radius 2 is 2.17 bits per heavy atom. The molecule has 2 heterocycles. The van der Waals surface area contributed by atoms with E-state index in [0.29, 0.717) is 0 Å². The third kappa shape index (κ3) is 2.61. The van der Waals surface area contributed by atoms with Gasteiger partial charge in [0.2, 0.25) is 0 Å². The van der Waals surface area contributed by atoms with E-state index in [1.807, 2.05) is 35.0 Å². The summed E-state index contributed by atoms with van der Waals surface area (Å²) in [6.45, 7) is 6.14. The van der Waals surface area contributed by atoms with Gasteiger partial charge in [0.25, 0.3) is 0 Å². The molecule has 0 bridgehead atoms. The summed E-state index contributed by atoms with van der Waals surface area (Å²) in [5.41, 5.74) is 2.35. The summed E-state index contributed by atoms with van der Waals surface area (Å²) in [4.78, 5) is 4.19. The van der Waals surface area contributed by atoms with Crippen LogP contribution in [0.2, 0.25) is 0 Å². The molecule has 0 aliphatic heterocycles. The summed E-state index contributed by atoms with van der Waals surface area (Å²) >= 11 is 0. The maximum Gasteiger partial charge on any atom is 0.0946 e. The minimum absolute atomic E-state index is 0.160. The third-order valence-electron chi connectivity index (χ3n) is 3.00. The number of hydrogen-bond donors (Lipinski definition) is 1. The Bertz CT molecular complexity index is 485. The average Bonchev–Trinajstić information content (AvgIpc) is 2.96. The van der Waals surface area contributed by atoms with Crippen molar-refractivity contribution in [2.24, 2.45) is 7.05 Å². The van der Waals surface area contributed by atoms with Crippen molar-refractivity contribution in [3.05, 3.63) is 36.2 Å². The van der Waals surface area contributed by atoms with Gasteiger partial charge in [-0.05, 0) is 13.0 Å². The van der Waals surface area contributed by atoms with Gasteiger partial charge in [0.1, 0.15) is 0 Å². The Kier molecular flexibility index (Phi) is 4.15. The van der Waals surface area contributed by atoms with Crippen LogP contribution in [-0.4, -0.2) is 25.9 Å². The number of imidazole rings is 1. The zero-order chi connectivity index (χ0) is 13.0. The van der Waals surface area contributed by atoms with Gasteiger partial charge in [-0.1, -0.05) is 13.8 Å². The van der Waals surface area contributed by atoms with Gasteiger partial charge < -0.3 is 9.88 Å². The highest BCUT2D eigenvalue weighted by Crippen LogP contribution is 2.20. The van der Waals surface area contributed by atoms with Crippen molar-refractivity contribution >= 4 is 0 Å². The molecule has 2 aromatic heterocycles. The SMILES string of the molecule is CCCn1cc(C(NCC)c2cncn2C)cn1. The molecule has 0 saturated carbocycles. The second-order valence-electron chi connectivity index (χ2n) is 4.46. The Morgan fingerprint density at radius 3 is 2.78 bits per heavy atom. The van der Waals surface area contributed by atoms with E-state index in [4.69, 9.17) is 0 Å². The lowest BCUT2D eigenvalue weighted by molar-refractivity contribution is 0.584. The summed E-state index contributed by atoms with van der Waals surface area (Å²) in [5.74, 6) is 0. The number of nitrogens with one attached hydrogen (secondary N) is 1. The summed E-state index contributed by atoms with van der Waals surface area (Å²) in [6.07, 6.45) is 8.89. The molecular formula is C13H21N5. The van der Waals surface area contributed by atoms with Crippen LogP contribution in [0.15, 0.2) is 24.9 Å². The first-order chi connectivity index (χ1) is 8.76. The predicted octanol–water partition coefficient (Wildman–Crippen LogP) is 1.73. The fourth-order valence-corrected chi connectivity index (χ4v) is 2.12. The van der Waals surface area contributed by atoms with Crippen LogP contribution in [0.25, 0.3) is 0 Å². The largest absolute Gasteiger partial charge is 0.336 e. The summed E-state index contributed by atoms with van der Waals surface area (Å²) in [5, 5.41) is 7.88. The second kappa shape index (κ2) is 5.82. The number of hydrogen-bond acceptors (Lipinski definition) is 3. The summed E-state index contributed by atoms with van der Waals surface area (Å²) < 4.78 is 4.04.